The number of rotatable bonds is 3. The molecular formula is C17H19F2N3. The zero-order chi connectivity index (χ0) is 15.5. The molecule has 0 atom stereocenters. The van der Waals surface area contributed by atoms with E-state index in [9.17, 15) is 8.78 Å². The minimum Gasteiger partial charge on any atom is -0.297 e. The van der Waals surface area contributed by atoms with Crippen LogP contribution < -0.4 is 0 Å². The molecule has 0 spiro atoms. The number of nitrogens with zero attached hydrogens (tertiary/aromatic N) is 3. The first-order valence-electron chi connectivity index (χ1n) is 7.58. The molecule has 0 radical (unpaired) electrons. The predicted molar refractivity (Wildman–Crippen MR) is 80.4 cm³/mol. The molecule has 0 aliphatic carbocycles. The molecule has 1 aliphatic heterocycles. The Bertz CT molecular complexity index is 652. The summed E-state index contributed by atoms with van der Waals surface area (Å²) in [6, 6.07) is 6.38. The van der Waals surface area contributed by atoms with Crippen LogP contribution in [0.3, 0.4) is 0 Å². The van der Waals surface area contributed by atoms with Gasteiger partial charge in [0, 0.05) is 12.7 Å². The standard InChI is InChI=1S/C17H19F2N3/c1-12-20-8-5-14(21-12)11-22-9-6-13(7-10-22)15-3-2-4-16(18)17(15)19/h2-5,8,13H,6-7,9-11H2,1H3. The number of likely N-dealkylation sites (tertiary alicyclic amines) is 1. The Kier molecular flexibility index (Phi) is 4.43. The first-order chi connectivity index (χ1) is 10.6. The molecule has 1 aliphatic rings. The number of hydrogen-bond acceptors (Lipinski definition) is 3. The van der Waals surface area contributed by atoms with Crippen LogP contribution in [0.25, 0.3) is 0 Å². The second-order valence-electron chi connectivity index (χ2n) is 5.79. The van der Waals surface area contributed by atoms with Gasteiger partial charge in [-0.3, -0.25) is 4.90 Å². The number of aromatic nitrogens is 2. The molecule has 1 aromatic heterocycles. The predicted octanol–water partition coefficient (Wildman–Crippen LogP) is 3.44. The smallest absolute Gasteiger partial charge is 0.162 e. The molecule has 0 saturated carbocycles. The first-order valence-corrected chi connectivity index (χ1v) is 7.58. The number of benzene rings is 1. The number of aryl methyl sites for hydroxylation is 1. The Morgan fingerprint density at radius 3 is 2.68 bits per heavy atom. The van der Waals surface area contributed by atoms with E-state index in [-0.39, 0.29) is 5.92 Å². The maximum atomic E-state index is 13.9. The van der Waals surface area contributed by atoms with Crippen LogP contribution in [0, 0.1) is 18.6 Å². The zero-order valence-corrected chi connectivity index (χ0v) is 12.6. The molecule has 116 valence electrons. The molecule has 1 aromatic carbocycles. The highest BCUT2D eigenvalue weighted by atomic mass is 19.2. The van der Waals surface area contributed by atoms with E-state index >= 15 is 0 Å². The lowest BCUT2D eigenvalue weighted by molar-refractivity contribution is 0.200. The Morgan fingerprint density at radius 1 is 1.18 bits per heavy atom. The summed E-state index contributed by atoms with van der Waals surface area (Å²) in [6.45, 7) is 4.39. The normalized spacial score (nSPS) is 16.9. The highest BCUT2D eigenvalue weighted by Gasteiger charge is 2.24. The SMILES string of the molecule is Cc1nccc(CN2CCC(c3cccc(F)c3F)CC2)n1. The van der Waals surface area contributed by atoms with E-state index in [1.807, 2.05) is 13.0 Å². The summed E-state index contributed by atoms with van der Waals surface area (Å²) in [4.78, 5) is 10.8. The lowest BCUT2D eigenvalue weighted by atomic mass is 9.89. The number of hydrogen-bond donors (Lipinski definition) is 0. The molecule has 1 fully saturated rings. The molecule has 22 heavy (non-hydrogen) atoms. The third-order valence-electron chi connectivity index (χ3n) is 4.23. The molecule has 0 N–H and O–H groups in total. The fraction of sp³-hybridized carbons (Fsp3) is 0.412. The summed E-state index contributed by atoms with van der Waals surface area (Å²) in [5, 5.41) is 0. The van der Waals surface area contributed by atoms with Crippen molar-refractivity contribution in [3.8, 4) is 0 Å². The third kappa shape index (κ3) is 3.30. The van der Waals surface area contributed by atoms with Gasteiger partial charge in [-0.25, -0.2) is 18.7 Å². The van der Waals surface area contributed by atoms with Gasteiger partial charge >= 0.3 is 0 Å². The van der Waals surface area contributed by atoms with Crippen LogP contribution >= 0.6 is 0 Å². The van der Waals surface area contributed by atoms with Gasteiger partial charge in [0.05, 0.1) is 5.69 Å². The van der Waals surface area contributed by atoms with E-state index in [4.69, 9.17) is 0 Å². The maximum absolute atomic E-state index is 13.9. The highest BCUT2D eigenvalue weighted by Crippen LogP contribution is 2.30. The van der Waals surface area contributed by atoms with Gasteiger partial charge in [-0.2, -0.15) is 0 Å². The minimum absolute atomic E-state index is 0.0964. The van der Waals surface area contributed by atoms with E-state index in [1.54, 1.807) is 18.3 Å². The lowest BCUT2D eigenvalue weighted by Gasteiger charge is -2.32. The Labute approximate surface area is 129 Å². The Balaban J connectivity index is 1.62. The molecule has 3 rings (SSSR count). The minimum atomic E-state index is -0.753. The third-order valence-corrected chi connectivity index (χ3v) is 4.23. The molecule has 3 nitrogen and oxygen atoms in total. The van der Waals surface area contributed by atoms with Gasteiger partial charge in [-0.1, -0.05) is 12.1 Å². The molecule has 5 heteroatoms. The van der Waals surface area contributed by atoms with Gasteiger partial charge in [0.2, 0.25) is 0 Å². The molecule has 2 aromatic rings. The molecule has 0 amide bonds. The number of halogens is 2. The summed E-state index contributed by atoms with van der Waals surface area (Å²) in [5.74, 6) is -0.572. The van der Waals surface area contributed by atoms with E-state index in [1.165, 1.54) is 6.07 Å². The largest absolute Gasteiger partial charge is 0.297 e. The summed E-state index contributed by atoms with van der Waals surface area (Å²) in [7, 11) is 0. The number of piperidine rings is 1. The Morgan fingerprint density at radius 2 is 1.95 bits per heavy atom. The van der Waals surface area contributed by atoms with Gasteiger partial charge < -0.3 is 0 Å². The molecule has 0 unspecified atom stereocenters. The summed E-state index contributed by atoms with van der Waals surface area (Å²) >= 11 is 0. The molecule has 2 heterocycles. The maximum Gasteiger partial charge on any atom is 0.162 e. The summed E-state index contributed by atoms with van der Waals surface area (Å²) < 4.78 is 27.2. The fourth-order valence-electron chi connectivity index (χ4n) is 3.06. The van der Waals surface area contributed by atoms with E-state index in [0.29, 0.717) is 5.56 Å². The van der Waals surface area contributed by atoms with Gasteiger partial charge in [-0.15, -0.1) is 0 Å². The van der Waals surface area contributed by atoms with Gasteiger partial charge in [0.15, 0.2) is 11.6 Å². The van der Waals surface area contributed by atoms with Crippen molar-refractivity contribution in [2.75, 3.05) is 13.1 Å². The van der Waals surface area contributed by atoms with Crippen molar-refractivity contribution >= 4 is 0 Å². The van der Waals surface area contributed by atoms with Crippen molar-refractivity contribution in [2.24, 2.45) is 0 Å². The van der Waals surface area contributed by atoms with Crippen molar-refractivity contribution in [3.63, 3.8) is 0 Å². The van der Waals surface area contributed by atoms with Crippen LogP contribution in [0.1, 0.15) is 35.8 Å². The van der Waals surface area contributed by atoms with Crippen molar-refractivity contribution < 1.29 is 8.78 Å². The first kappa shape index (κ1) is 15.0. The molecular weight excluding hydrogens is 284 g/mol. The monoisotopic (exact) mass is 303 g/mol. The van der Waals surface area contributed by atoms with Crippen molar-refractivity contribution in [3.05, 3.63) is 59.2 Å². The van der Waals surface area contributed by atoms with E-state index < -0.39 is 11.6 Å². The fourth-order valence-corrected chi connectivity index (χ4v) is 3.06. The van der Waals surface area contributed by atoms with Gasteiger partial charge in [0.25, 0.3) is 0 Å². The quantitative estimate of drug-likeness (QED) is 0.869. The van der Waals surface area contributed by atoms with Crippen molar-refractivity contribution in [2.45, 2.75) is 32.2 Å². The van der Waals surface area contributed by atoms with Gasteiger partial charge in [0.1, 0.15) is 5.82 Å². The summed E-state index contributed by atoms with van der Waals surface area (Å²) in [6.07, 6.45) is 3.45. The van der Waals surface area contributed by atoms with Crippen LogP contribution in [-0.2, 0) is 6.54 Å². The van der Waals surface area contributed by atoms with Crippen LogP contribution in [0.15, 0.2) is 30.5 Å². The molecule has 0 bridgehead atoms. The Hall–Kier alpha value is -1.88. The van der Waals surface area contributed by atoms with Crippen molar-refractivity contribution in [1.82, 2.24) is 14.9 Å². The van der Waals surface area contributed by atoms with E-state index in [2.05, 4.69) is 14.9 Å². The van der Waals surface area contributed by atoms with Crippen LogP contribution in [-0.4, -0.2) is 28.0 Å². The van der Waals surface area contributed by atoms with E-state index in [0.717, 1.165) is 44.0 Å². The van der Waals surface area contributed by atoms with Crippen LogP contribution in [0.5, 0.6) is 0 Å². The summed E-state index contributed by atoms with van der Waals surface area (Å²) in [5.41, 5.74) is 1.51. The second-order valence-corrected chi connectivity index (χ2v) is 5.79. The molecule has 1 saturated heterocycles. The second kappa shape index (κ2) is 6.48. The van der Waals surface area contributed by atoms with Crippen molar-refractivity contribution in [1.29, 1.82) is 0 Å². The zero-order valence-electron chi connectivity index (χ0n) is 12.6. The van der Waals surface area contributed by atoms with Crippen LogP contribution in [0.2, 0.25) is 0 Å². The van der Waals surface area contributed by atoms with Gasteiger partial charge in [-0.05, 0) is 56.5 Å². The average molecular weight is 303 g/mol. The lowest BCUT2D eigenvalue weighted by Crippen LogP contribution is -2.33. The van der Waals surface area contributed by atoms with Crippen LogP contribution in [0.4, 0.5) is 8.78 Å². The highest BCUT2D eigenvalue weighted by molar-refractivity contribution is 5.23. The topological polar surface area (TPSA) is 29.0 Å². The average Bonchev–Trinajstić information content (AvgIpc) is 2.51.